The molecule has 8 heteroatoms. The van der Waals surface area contributed by atoms with E-state index in [9.17, 15) is 0 Å². The maximum Gasteiger partial charge on any atom is 0.191 e. The number of likely N-dealkylation sites (tertiary alicyclic amines) is 1. The Bertz CT molecular complexity index is 676. The number of morpholine rings is 1. The first kappa shape index (κ1) is 27.1. The lowest BCUT2D eigenvalue weighted by Crippen LogP contribution is -2.49. The monoisotopic (exact) mass is 558 g/mol. The molecule has 0 bridgehead atoms. The molecular formula is C24H43IN6O. The third-order valence-corrected chi connectivity index (χ3v) is 6.42. The van der Waals surface area contributed by atoms with Gasteiger partial charge in [0.15, 0.2) is 5.96 Å². The summed E-state index contributed by atoms with van der Waals surface area (Å²) in [6.07, 6.45) is 7.61. The van der Waals surface area contributed by atoms with Gasteiger partial charge in [0.2, 0.25) is 0 Å². The number of nitrogens with zero attached hydrogens (tertiary/aromatic N) is 4. The Morgan fingerprint density at radius 3 is 2.50 bits per heavy atom. The van der Waals surface area contributed by atoms with E-state index in [2.05, 4.69) is 63.3 Å². The summed E-state index contributed by atoms with van der Waals surface area (Å²) in [7, 11) is 1.84. The summed E-state index contributed by atoms with van der Waals surface area (Å²) in [5.41, 5.74) is 1.15. The normalized spacial score (nSPS) is 21.6. The van der Waals surface area contributed by atoms with Gasteiger partial charge >= 0.3 is 0 Å². The van der Waals surface area contributed by atoms with E-state index in [-0.39, 0.29) is 30.1 Å². The first-order valence-corrected chi connectivity index (χ1v) is 12.1. The molecule has 3 heterocycles. The van der Waals surface area contributed by atoms with Crippen molar-refractivity contribution in [2.75, 3.05) is 51.3 Å². The third kappa shape index (κ3) is 8.33. The number of anilines is 1. The van der Waals surface area contributed by atoms with E-state index in [1.165, 1.54) is 38.8 Å². The Kier molecular flexibility index (Phi) is 12.0. The van der Waals surface area contributed by atoms with Crippen molar-refractivity contribution in [3.05, 3.63) is 23.9 Å². The first-order valence-electron chi connectivity index (χ1n) is 12.1. The molecule has 0 saturated carbocycles. The SMILES string of the molecule is CN=C(NCc1ccc(N2CCOC(C)C2)nc1)NCC(C(C)C)N1CCCCCC1.I. The van der Waals surface area contributed by atoms with E-state index in [4.69, 9.17) is 4.74 Å². The first-order chi connectivity index (χ1) is 15.1. The molecule has 32 heavy (non-hydrogen) atoms. The standard InChI is InChI=1S/C24H42N6O.HI/c1-19(2)22(29-11-7-5-6-8-12-29)17-28-24(25-4)27-16-21-9-10-23(26-15-21)30-13-14-31-20(3)18-30;/h9-10,15,19-20,22H,5-8,11-14,16-18H2,1-4H3,(H2,25,27,28);1H. The number of rotatable bonds is 7. The van der Waals surface area contributed by atoms with E-state index in [1.54, 1.807) is 0 Å². The van der Waals surface area contributed by atoms with Gasteiger partial charge in [0.1, 0.15) is 5.82 Å². The zero-order valence-corrected chi connectivity index (χ0v) is 22.7. The largest absolute Gasteiger partial charge is 0.375 e. The third-order valence-electron chi connectivity index (χ3n) is 6.42. The summed E-state index contributed by atoms with van der Waals surface area (Å²) >= 11 is 0. The molecule has 2 N–H and O–H groups in total. The number of pyridine rings is 1. The fourth-order valence-corrected chi connectivity index (χ4v) is 4.56. The van der Waals surface area contributed by atoms with Crippen molar-refractivity contribution in [2.24, 2.45) is 10.9 Å². The van der Waals surface area contributed by atoms with Gasteiger partial charge in [-0.05, 0) is 50.4 Å². The van der Waals surface area contributed by atoms with Crippen LogP contribution >= 0.6 is 24.0 Å². The second-order valence-electron chi connectivity index (χ2n) is 9.22. The molecule has 182 valence electrons. The summed E-state index contributed by atoms with van der Waals surface area (Å²) in [5, 5.41) is 7.01. The van der Waals surface area contributed by atoms with Crippen LogP contribution in [0.2, 0.25) is 0 Å². The Morgan fingerprint density at radius 1 is 1.16 bits per heavy atom. The minimum absolute atomic E-state index is 0. The molecule has 0 spiro atoms. The van der Waals surface area contributed by atoms with Crippen LogP contribution in [-0.4, -0.2) is 74.4 Å². The topological polar surface area (TPSA) is 65.0 Å². The van der Waals surface area contributed by atoms with Crippen LogP contribution in [0.1, 0.15) is 52.0 Å². The zero-order valence-electron chi connectivity index (χ0n) is 20.3. The number of nitrogens with one attached hydrogen (secondary N) is 2. The summed E-state index contributed by atoms with van der Waals surface area (Å²) in [4.78, 5) is 14.1. The molecule has 2 saturated heterocycles. The van der Waals surface area contributed by atoms with Crippen molar-refractivity contribution < 1.29 is 4.74 Å². The average molecular weight is 559 g/mol. The molecule has 2 aliphatic heterocycles. The van der Waals surface area contributed by atoms with Gasteiger partial charge in [0.05, 0.1) is 12.7 Å². The second kappa shape index (κ2) is 14.2. The maximum atomic E-state index is 5.63. The van der Waals surface area contributed by atoms with Crippen molar-refractivity contribution in [1.82, 2.24) is 20.5 Å². The highest BCUT2D eigenvalue weighted by molar-refractivity contribution is 14.0. The molecular weight excluding hydrogens is 515 g/mol. The predicted octanol–water partition coefficient (Wildman–Crippen LogP) is 3.49. The fraction of sp³-hybridized carbons (Fsp3) is 0.750. The number of guanidine groups is 1. The number of ether oxygens (including phenoxy) is 1. The fourth-order valence-electron chi connectivity index (χ4n) is 4.56. The number of hydrogen-bond donors (Lipinski definition) is 2. The second-order valence-corrected chi connectivity index (χ2v) is 9.22. The molecule has 2 aliphatic rings. The Hall–Kier alpha value is -1.13. The summed E-state index contributed by atoms with van der Waals surface area (Å²) < 4.78 is 5.63. The summed E-state index contributed by atoms with van der Waals surface area (Å²) in [6.45, 7) is 13.4. The van der Waals surface area contributed by atoms with Gasteiger partial charge in [-0.25, -0.2) is 4.98 Å². The lowest BCUT2D eigenvalue weighted by molar-refractivity contribution is 0.0529. The highest BCUT2D eigenvalue weighted by atomic mass is 127. The highest BCUT2D eigenvalue weighted by Crippen LogP contribution is 2.17. The number of halogens is 1. The van der Waals surface area contributed by atoms with Crippen molar-refractivity contribution in [1.29, 1.82) is 0 Å². The van der Waals surface area contributed by atoms with Crippen LogP contribution in [0.5, 0.6) is 0 Å². The van der Waals surface area contributed by atoms with Crippen molar-refractivity contribution in [3.8, 4) is 0 Å². The number of hydrogen-bond acceptors (Lipinski definition) is 5. The molecule has 0 radical (unpaired) electrons. The molecule has 0 aliphatic carbocycles. The molecule has 2 fully saturated rings. The molecule has 2 unspecified atom stereocenters. The maximum absolute atomic E-state index is 5.63. The minimum atomic E-state index is 0. The molecule has 1 aromatic heterocycles. The van der Waals surface area contributed by atoms with Crippen LogP contribution in [0.15, 0.2) is 23.3 Å². The van der Waals surface area contributed by atoms with Crippen LogP contribution in [0, 0.1) is 5.92 Å². The summed E-state index contributed by atoms with van der Waals surface area (Å²) in [5.74, 6) is 2.49. The molecule has 0 amide bonds. The zero-order chi connectivity index (χ0) is 22.1. The van der Waals surface area contributed by atoms with Crippen LogP contribution in [0.25, 0.3) is 0 Å². The number of aliphatic imine (C=N–C) groups is 1. The van der Waals surface area contributed by atoms with Gasteiger partial charge in [-0.1, -0.05) is 32.8 Å². The van der Waals surface area contributed by atoms with Gasteiger partial charge in [0, 0.05) is 45.5 Å². The van der Waals surface area contributed by atoms with Crippen LogP contribution in [-0.2, 0) is 11.3 Å². The average Bonchev–Trinajstić information content (AvgIpc) is 3.05. The van der Waals surface area contributed by atoms with Gasteiger partial charge in [0.25, 0.3) is 0 Å². The van der Waals surface area contributed by atoms with Gasteiger partial charge in [-0.2, -0.15) is 0 Å². The Labute approximate surface area is 211 Å². The van der Waals surface area contributed by atoms with Crippen LogP contribution in [0.3, 0.4) is 0 Å². The van der Waals surface area contributed by atoms with E-state index in [1.807, 2.05) is 13.2 Å². The van der Waals surface area contributed by atoms with Gasteiger partial charge in [-0.3, -0.25) is 9.89 Å². The highest BCUT2D eigenvalue weighted by Gasteiger charge is 2.23. The number of aromatic nitrogens is 1. The Morgan fingerprint density at radius 2 is 1.91 bits per heavy atom. The molecule has 1 aromatic rings. The molecule has 7 nitrogen and oxygen atoms in total. The van der Waals surface area contributed by atoms with Gasteiger partial charge < -0.3 is 20.3 Å². The molecule has 0 aromatic carbocycles. The van der Waals surface area contributed by atoms with E-state index in [0.29, 0.717) is 18.5 Å². The molecule has 3 rings (SSSR count). The van der Waals surface area contributed by atoms with Crippen molar-refractivity contribution in [3.63, 3.8) is 0 Å². The van der Waals surface area contributed by atoms with Crippen LogP contribution < -0.4 is 15.5 Å². The quantitative estimate of drug-likeness (QED) is 0.304. The lowest BCUT2D eigenvalue weighted by atomic mass is 10.0. The minimum Gasteiger partial charge on any atom is -0.375 e. The van der Waals surface area contributed by atoms with E-state index >= 15 is 0 Å². The lowest BCUT2D eigenvalue weighted by Gasteiger charge is -2.34. The van der Waals surface area contributed by atoms with Crippen molar-refractivity contribution >= 4 is 35.8 Å². The van der Waals surface area contributed by atoms with Gasteiger partial charge in [-0.15, -0.1) is 24.0 Å². The summed E-state index contributed by atoms with van der Waals surface area (Å²) in [6, 6.07) is 4.80. The van der Waals surface area contributed by atoms with E-state index in [0.717, 1.165) is 43.6 Å². The Balaban J connectivity index is 0.00000363. The van der Waals surface area contributed by atoms with Crippen LogP contribution in [0.4, 0.5) is 5.82 Å². The smallest absolute Gasteiger partial charge is 0.191 e. The van der Waals surface area contributed by atoms with E-state index < -0.39 is 0 Å². The predicted molar refractivity (Wildman–Crippen MR) is 144 cm³/mol. The molecule has 2 atom stereocenters. The van der Waals surface area contributed by atoms with Crippen molar-refractivity contribution in [2.45, 2.75) is 65.1 Å².